The molecule has 3 aromatic carbocycles. The van der Waals surface area contributed by atoms with Crippen LogP contribution in [0.2, 0.25) is 0 Å². The monoisotopic (exact) mass is 389 g/mol. The Labute approximate surface area is 166 Å². The lowest BCUT2D eigenvalue weighted by atomic mass is 10.1. The quantitative estimate of drug-likeness (QED) is 0.495. The molecule has 146 valence electrons. The highest BCUT2D eigenvalue weighted by molar-refractivity contribution is 5.90. The molecule has 0 saturated carbocycles. The minimum absolute atomic E-state index is 0.111. The van der Waals surface area contributed by atoms with Crippen LogP contribution in [0.25, 0.3) is 21.9 Å². The van der Waals surface area contributed by atoms with Gasteiger partial charge in [-0.2, -0.15) is 0 Å². The van der Waals surface area contributed by atoms with Gasteiger partial charge in [-0.15, -0.1) is 0 Å². The fourth-order valence-corrected chi connectivity index (χ4v) is 3.18. The average molecular weight is 389 g/mol. The molecule has 29 heavy (non-hydrogen) atoms. The first-order chi connectivity index (χ1) is 14.2. The first-order valence-electron chi connectivity index (χ1n) is 9.19. The zero-order chi connectivity index (χ0) is 20.2. The van der Waals surface area contributed by atoms with E-state index in [1.54, 1.807) is 42.5 Å². The number of carbonyl (C=O) groups is 1. The van der Waals surface area contributed by atoms with Crippen molar-refractivity contribution in [1.29, 1.82) is 0 Å². The highest BCUT2D eigenvalue weighted by atomic mass is 16.5. The van der Waals surface area contributed by atoms with Crippen molar-refractivity contribution in [2.24, 2.45) is 0 Å². The van der Waals surface area contributed by atoms with Crippen LogP contribution in [-0.2, 0) is 4.79 Å². The fraction of sp³-hybridized carbons (Fsp3) is 0.130. The third-order valence-corrected chi connectivity index (χ3v) is 4.64. The average Bonchev–Trinajstić information content (AvgIpc) is 2.76. The second kappa shape index (κ2) is 8.16. The van der Waals surface area contributed by atoms with Gasteiger partial charge in [0.25, 0.3) is 5.91 Å². The molecular weight excluding hydrogens is 370 g/mol. The number of para-hydroxylation sites is 1. The Morgan fingerprint density at radius 3 is 2.48 bits per heavy atom. The molecule has 1 amide bonds. The maximum atomic E-state index is 12.6. The van der Waals surface area contributed by atoms with E-state index in [0.717, 1.165) is 5.56 Å². The zero-order valence-corrected chi connectivity index (χ0v) is 15.5. The fourth-order valence-electron chi connectivity index (χ4n) is 3.18. The van der Waals surface area contributed by atoms with Crippen molar-refractivity contribution in [2.75, 3.05) is 13.2 Å². The van der Waals surface area contributed by atoms with Crippen LogP contribution in [0.3, 0.4) is 0 Å². The molecular formula is C23H19NO5. The lowest BCUT2D eigenvalue weighted by Gasteiger charge is -2.17. The summed E-state index contributed by atoms with van der Waals surface area (Å²) < 4.78 is 11.4. The normalized spacial score (nSPS) is 12.0. The largest absolute Gasteiger partial charge is 0.484 e. The standard InChI is InChI=1S/C23H19NO5/c25-13-19(15-6-2-1-3-7-15)24-22(26)14-28-16-10-11-18-21(12-16)29-20-9-5-4-8-17(20)23(18)27/h1-12,19,25H,13-14H2,(H,24,26)/t19-/m1/s1. The van der Waals surface area contributed by atoms with Crippen molar-refractivity contribution in [2.45, 2.75) is 6.04 Å². The Bertz CT molecular complexity index is 1220. The van der Waals surface area contributed by atoms with E-state index < -0.39 is 6.04 Å². The second-order valence-corrected chi connectivity index (χ2v) is 6.59. The first kappa shape index (κ1) is 18.7. The van der Waals surface area contributed by atoms with Crippen LogP contribution >= 0.6 is 0 Å². The predicted molar refractivity (Wildman–Crippen MR) is 110 cm³/mol. The molecule has 0 aliphatic carbocycles. The molecule has 0 radical (unpaired) electrons. The lowest BCUT2D eigenvalue weighted by molar-refractivity contribution is -0.124. The minimum Gasteiger partial charge on any atom is -0.484 e. The molecule has 1 aromatic heterocycles. The maximum Gasteiger partial charge on any atom is 0.258 e. The van der Waals surface area contributed by atoms with Crippen LogP contribution in [0.1, 0.15) is 11.6 Å². The molecule has 4 rings (SSSR count). The van der Waals surface area contributed by atoms with E-state index in [4.69, 9.17) is 9.15 Å². The zero-order valence-electron chi connectivity index (χ0n) is 15.5. The third kappa shape index (κ3) is 3.97. The molecule has 1 atom stereocenters. The number of benzene rings is 3. The Hall–Kier alpha value is -3.64. The second-order valence-electron chi connectivity index (χ2n) is 6.59. The van der Waals surface area contributed by atoms with Crippen LogP contribution in [0, 0.1) is 0 Å². The number of fused-ring (bicyclic) bond motifs is 2. The molecule has 0 spiro atoms. The summed E-state index contributed by atoms with van der Waals surface area (Å²) in [6.45, 7) is -0.448. The number of amides is 1. The van der Waals surface area contributed by atoms with Crippen LogP contribution in [0.15, 0.2) is 82.0 Å². The molecule has 0 fully saturated rings. The molecule has 6 nitrogen and oxygen atoms in total. The Morgan fingerprint density at radius 2 is 1.69 bits per heavy atom. The van der Waals surface area contributed by atoms with Crippen molar-refractivity contribution in [1.82, 2.24) is 5.32 Å². The van der Waals surface area contributed by atoms with E-state index in [0.29, 0.717) is 27.7 Å². The Morgan fingerprint density at radius 1 is 0.966 bits per heavy atom. The predicted octanol–water partition coefficient (Wildman–Crippen LogP) is 3.17. The summed E-state index contributed by atoms with van der Waals surface area (Å²) in [5.74, 6) is 0.0410. The summed E-state index contributed by atoms with van der Waals surface area (Å²) in [6.07, 6.45) is 0. The number of ether oxygens (including phenoxy) is 1. The van der Waals surface area contributed by atoms with E-state index in [1.807, 2.05) is 30.3 Å². The van der Waals surface area contributed by atoms with Crippen molar-refractivity contribution >= 4 is 27.8 Å². The van der Waals surface area contributed by atoms with Crippen molar-refractivity contribution in [3.8, 4) is 5.75 Å². The summed E-state index contributed by atoms with van der Waals surface area (Å²) in [5.41, 5.74) is 1.58. The van der Waals surface area contributed by atoms with E-state index in [2.05, 4.69) is 5.32 Å². The van der Waals surface area contributed by atoms with E-state index in [-0.39, 0.29) is 24.5 Å². The van der Waals surface area contributed by atoms with Gasteiger partial charge in [0.2, 0.25) is 5.43 Å². The number of aliphatic hydroxyl groups excluding tert-OH is 1. The number of hydrogen-bond acceptors (Lipinski definition) is 5. The Balaban J connectivity index is 1.48. The smallest absolute Gasteiger partial charge is 0.258 e. The van der Waals surface area contributed by atoms with Gasteiger partial charge in [0.05, 0.1) is 23.4 Å². The molecule has 0 unspecified atom stereocenters. The van der Waals surface area contributed by atoms with Crippen molar-refractivity contribution < 1.29 is 19.1 Å². The first-order valence-corrected chi connectivity index (χ1v) is 9.19. The van der Waals surface area contributed by atoms with Crippen LogP contribution < -0.4 is 15.5 Å². The molecule has 2 N–H and O–H groups in total. The van der Waals surface area contributed by atoms with Crippen molar-refractivity contribution in [3.63, 3.8) is 0 Å². The minimum atomic E-state index is -0.506. The van der Waals surface area contributed by atoms with Crippen molar-refractivity contribution in [3.05, 3.63) is 88.6 Å². The third-order valence-electron chi connectivity index (χ3n) is 4.64. The van der Waals surface area contributed by atoms with Gasteiger partial charge in [-0.25, -0.2) is 0 Å². The summed E-state index contributed by atoms with van der Waals surface area (Å²) in [4.78, 5) is 24.8. The van der Waals surface area contributed by atoms with E-state index >= 15 is 0 Å². The number of rotatable bonds is 6. The number of carbonyl (C=O) groups excluding carboxylic acids is 1. The van der Waals surface area contributed by atoms with Gasteiger partial charge in [0.1, 0.15) is 16.9 Å². The summed E-state index contributed by atoms with van der Waals surface area (Å²) in [5, 5.41) is 13.2. The van der Waals surface area contributed by atoms with Gasteiger partial charge >= 0.3 is 0 Å². The van der Waals surface area contributed by atoms with Gasteiger partial charge in [0.15, 0.2) is 6.61 Å². The highest BCUT2D eigenvalue weighted by Crippen LogP contribution is 2.23. The van der Waals surface area contributed by atoms with Crippen LogP contribution in [-0.4, -0.2) is 24.2 Å². The molecule has 0 aliphatic heterocycles. The van der Waals surface area contributed by atoms with E-state index in [9.17, 15) is 14.7 Å². The van der Waals surface area contributed by atoms with Gasteiger partial charge < -0.3 is 19.6 Å². The number of nitrogens with one attached hydrogen (secondary N) is 1. The summed E-state index contributed by atoms with van der Waals surface area (Å²) >= 11 is 0. The molecule has 0 bridgehead atoms. The van der Waals surface area contributed by atoms with Gasteiger partial charge in [-0.05, 0) is 29.8 Å². The molecule has 0 aliphatic rings. The number of aliphatic hydroxyl groups is 1. The molecule has 6 heteroatoms. The molecule has 4 aromatic rings. The molecule has 0 saturated heterocycles. The molecule has 1 heterocycles. The number of hydrogen-bond donors (Lipinski definition) is 2. The van der Waals surface area contributed by atoms with Crippen LogP contribution in [0.4, 0.5) is 0 Å². The highest BCUT2D eigenvalue weighted by Gasteiger charge is 2.14. The lowest BCUT2D eigenvalue weighted by Crippen LogP contribution is -2.34. The van der Waals surface area contributed by atoms with E-state index in [1.165, 1.54) is 0 Å². The summed E-state index contributed by atoms with van der Waals surface area (Å²) in [6, 6.07) is 20.6. The Kier molecular flexibility index (Phi) is 5.27. The maximum absolute atomic E-state index is 12.6. The van der Waals surface area contributed by atoms with Crippen LogP contribution in [0.5, 0.6) is 5.75 Å². The SMILES string of the molecule is O=C(COc1ccc2c(=O)c3ccccc3oc2c1)N[C@H](CO)c1ccccc1. The van der Waals surface area contributed by atoms with Gasteiger partial charge in [-0.3, -0.25) is 9.59 Å². The topological polar surface area (TPSA) is 88.8 Å². The summed E-state index contributed by atoms with van der Waals surface area (Å²) in [7, 11) is 0. The van der Waals surface area contributed by atoms with Gasteiger partial charge in [0, 0.05) is 6.07 Å². The van der Waals surface area contributed by atoms with Gasteiger partial charge in [-0.1, -0.05) is 42.5 Å².